The van der Waals surface area contributed by atoms with Gasteiger partial charge in [-0.3, -0.25) is 13.8 Å². The van der Waals surface area contributed by atoms with E-state index in [1.54, 1.807) is 30.6 Å². The van der Waals surface area contributed by atoms with E-state index in [0.29, 0.717) is 42.8 Å². The van der Waals surface area contributed by atoms with Gasteiger partial charge < -0.3 is 51.3 Å². The predicted octanol–water partition coefficient (Wildman–Crippen LogP) is 6.78. The van der Waals surface area contributed by atoms with E-state index in [1.807, 2.05) is 41.5 Å². The molecule has 2 saturated heterocycles. The zero-order valence-corrected chi connectivity index (χ0v) is 42.6. The summed E-state index contributed by atoms with van der Waals surface area (Å²) < 4.78 is 60.5. The normalized spacial score (nSPS) is 14.8. The Hall–Kier alpha value is -6.55. The number of aromatic nitrogens is 4. The molecule has 4 aromatic rings. The van der Waals surface area contributed by atoms with E-state index >= 15 is 0 Å². The Labute approximate surface area is 410 Å². The molecular formula is C48H66F2N10O9S. The number of nitrogens with zero attached hydrogens (tertiary/aromatic N) is 6. The first kappa shape index (κ1) is 56.0. The number of aryl methyl sites for hydroxylation is 2. The third kappa shape index (κ3) is 15.7. The summed E-state index contributed by atoms with van der Waals surface area (Å²) in [6.07, 6.45) is 5.09. The average molecular weight is 997 g/mol. The van der Waals surface area contributed by atoms with Gasteiger partial charge in [0.05, 0.1) is 47.3 Å². The molecule has 0 aliphatic carbocycles. The van der Waals surface area contributed by atoms with Crippen LogP contribution in [0.3, 0.4) is 0 Å². The van der Waals surface area contributed by atoms with E-state index in [0.717, 1.165) is 38.1 Å². The molecule has 2 aliphatic rings. The third-order valence-electron chi connectivity index (χ3n) is 10.7. The van der Waals surface area contributed by atoms with Crippen molar-refractivity contribution < 1.29 is 51.1 Å². The van der Waals surface area contributed by atoms with Crippen LogP contribution in [-0.4, -0.2) is 127 Å². The van der Waals surface area contributed by atoms with Crippen molar-refractivity contribution in [3.8, 4) is 11.5 Å². The summed E-state index contributed by atoms with van der Waals surface area (Å²) in [6, 6.07) is 5.39. The Morgan fingerprint density at radius 1 is 0.700 bits per heavy atom. The SMILES string of the molecule is CC(C)(C)OC(=O)N1CCC(N)CC1.CCS(=O)c1ncc(C(=O)c2cc(F)c(C)cc2OC)c(N)n1.COc1cc(C)c(F)cc1C(=O)c1cnc(NC2CCN(C(=O)OC(C)(C)C)CC2)nc1N. The highest BCUT2D eigenvalue weighted by atomic mass is 32.2. The summed E-state index contributed by atoms with van der Waals surface area (Å²) in [5.41, 5.74) is 17.5. The number of nitrogens with two attached hydrogens (primary N) is 3. The maximum Gasteiger partial charge on any atom is 0.410 e. The number of hydrogen-bond donors (Lipinski definition) is 4. The van der Waals surface area contributed by atoms with E-state index in [2.05, 4.69) is 25.3 Å². The quantitative estimate of drug-likeness (QED) is 0.0942. The molecule has 0 saturated carbocycles. The molecule has 2 amide bonds. The number of methoxy groups -OCH3 is 2. The van der Waals surface area contributed by atoms with Gasteiger partial charge in [0.1, 0.15) is 46.0 Å². The van der Waals surface area contributed by atoms with Gasteiger partial charge in [0, 0.05) is 56.4 Å². The van der Waals surface area contributed by atoms with E-state index in [-0.39, 0.29) is 80.8 Å². The molecule has 2 aliphatic heterocycles. The van der Waals surface area contributed by atoms with Crippen LogP contribution < -0.4 is 32.0 Å². The molecule has 19 nitrogen and oxygen atoms in total. The molecule has 2 aromatic carbocycles. The zero-order chi connectivity index (χ0) is 52.2. The Balaban J connectivity index is 0.000000249. The second-order valence-electron chi connectivity index (χ2n) is 18.5. The fourth-order valence-electron chi connectivity index (χ4n) is 6.85. The first-order valence-corrected chi connectivity index (χ1v) is 24.0. The number of ether oxygens (including phenoxy) is 4. The first-order valence-electron chi connectivity index (χ1n) is 22.6. The number of nitrogens with one attached hydrogen (secondary N) is 1. The van der Waals surface area contributed by atoms with Crippen LogP contribution in [0.1, 0.15) is 117 Å². The van der Waals surface area contributed by atoms with Gasteiger partial charge in [0.25, 0.3) is 0 Å². The second kappa shape index (κ2) is 24.3. The molecule has 0 radical (unpaired) electrons. The molecule has 2 aromatic heterocycles. The summed E-state index contributed by atoms with van der Waals surface area (Å²) >= 11 is 0. The predicted molar refractivity (Wildman–Crippen MR) is 262 cm³/mol. The number of benzene rings is 2. The Morgan fingerprint density at radius 3 is 1.50 bits per heavy atom. The monoisotopic (exact) mass is 996 g/mol. The van der Waals surface area contributed by atoms with Crippen molar-refractivity contribution in [2.75, 3.05) is 62.9 Å². The molecule has 1 atom stereocenters. The van der Waals surface area contributed by atoms with Crippen LogP contribution in [0.4, 0.5) is 36.0 Å². The van der Waals surface area contributed by atoms with E-state index in [1.165, 1.54) is 38.7 Å². The number of carbonyl (C=O) groups excluding carboxylic acids is 4. The van der Waals surface area contributed by atoms with E-state index < -0.39 is 45.2 Å². The molecule has 0 spiro atoms. The average Bonchev–Trinajstić information content (AvgIpc) is 3.29. The lowest BCUT2D eigenvalue weighted by Crippen LogP contribution is -2.44. The van der Waals surface area contributed by atoms with Gasteiger partial charge in [-0.05, 0) is 116 Å². The van der Waals surface area contributed by atoms with Crippen molar-refractivity contribution in [3.63, 3.8) is 0 Å². The number of hydrogen-bond acceptors (Lipinski definition) is 17. The zero-order valence-electron chi connectivity index (χ0n) is 41.7. The van der Waals surface area contributed by atoms with Gasteiger partial charge in [-0.1, -0.05) is 6.92 Å². The fourth-order valence-corrected chi connectivity index (χ4v) is 7.48. The smallest absolute Gasteiger partial charge is 0.410 e. The minimum atomic E-state index is -1.38. The number of carbonyl (C=O) groups is 4. The molecule has 70 heavy (non-hydrogen) atoms. The molecular weight excluding hydrogens is 931 g/mol. The minimum Gasteiger partial charge on any atom is -0.496 e. The van der Waals surface area contributed by atoms with Crippen molar-refractivity contribution in [2.45, 2.75) is 116 Å². The van der Waals surface area contributed by atoms with Crippen molar-refractivity contribution in [2.24, 2.45) is 5.73 Å². The van der Waals surface area contributed by atoms with Crippen molar-refractivity contribution in [1.29, 1.82) is 0 Å². The minimum absolute atomic E-state index is 0.00315. The van der Waals surface area contributed by atoms with Crippen molar-refractivity contribution in [3.05, 3.63) is 81.7 Å². The van der Waals surface area contributed by atoms with Crippen LogP contribution in [0.5, 0.6) is 11.5 Å². The van der Waals surface area contributed by atoms with Crippen LogP contribution in [0, 0.1) is 25.5 Å². The number of ketones is 2. The lowest BCUT2D eigenvalue weighted by molar-refractivity contribution is 0.0197. The number of rotatable bonds is 10. The van der Waals surface area contributed by atoms with Crippen LogP contribution in [0.15, 0.2) is 41.8 Å². The van der Waals surface area contributed by atoms with E-state index in [4.69, 9.17) is 36.1 Å². The summed E-state index contributed by atoms with van der Waals surface area (Å²) in [6.45, 7) is 18.5. The molecule has 6 rings (SSSR count). The number of halogens is 2. The van der Waals surface area contributed by atoms with E-state index in [9.17, 15) is 32.2 Å². The number of amides is 2. The highest BCUT2D eigenvalue weighted by Gasteiger charge is 2.29. The number of anilines is 3. The van der Waals surface area contributed by atoms with Gasteiger partial charge in [-0.2, -0.15) is 4.98 Å². The highest BCUT2D eigenvalue weighted by Crippen LogP contribution is 2.29. The number of piperidine rings is 2. The fraction of sp³-hybridized carbons (Fsp3) is 0.500. The van der Waals surface area contributed by atoms with Crippen molar-refractivity contribution in [1.82, 2.24) is 29.7 Å². The molecule has 7 N–H and O–H groups in total. The maximum absolute atomic E-state index is 14.0. The standard InChI is InChI=1S/C23H30FN5O4.C15H16FN3O3S.C10H20N2O2/c1-13-10-18(32-5)15(11-17(13)24)19(30)16-12-26-21(28-20(16)25)27-14-6-8-29(9-7-14)22(31)33-23(2,3)4;1-4-23(21)15-18-7-10(14(17)19-15)13(20)9-6-11(16)8(2)5-12(9)22-3;1-10(2,3)14-9(13)12-6-4-8(11)5-7-12/h10-12,14H,6-9H2,1-5H3,(H3,25,26,27,28);5-7H,4H2,1-3H3,(H2,17,18,19);8H,4-7,11H2,1-3H3. The van der Waals surface area contributed by atoms with Crippen molar-refractivity contribution >= 4 is 52.1 Å². The Morgan fingerprint density at radius 2 is 1.11 bits per heavy atom. The topological polar surface area (TPSA) is 270 Å². The largest absolute Gasteiger partial charge is 0.496 e. The van der Waals surface area contributed by atoms with Gasteiger partial charge >= 0.3 is 12.2 Å². The van der Waals surface area contributed by atoms with Crippen LogP contribution >= 0.6 is 0 Å². The maximum atomic E-state index is 14.0. The molecule has 22 heteroatoms. The summed E-state index contributed by atoms with van der Waals surface area (Å²) in [5, 5.41) is 3.26. The molecule has 4 heterocycles. The lowest BCUT2D eigenvalue weighted by atomic mass is 10.0. The molecule has 0 bridgehead atoms. The number of nitrogen functional groups attached to an aromatic ring is 2. The lowest BCUT2D eigenvalue weighted by Gasteiger charge is -2.33. The summed E-state index contributed by atoms with van der Waals surface area (Å²) in [4.78, 5) is 68.9. The highest BCUT2D eigenvalue weighted by molar-refractivity contribution is 7.84. The van der Waals surface area contributed by atoms with Crippen LogP contribution in [0.25, 0.3) is 0 Å². The third-order valence-corrected chi connectivity index (χ3v) is 11.8. The van der Waals surface area contributed by atoms with Gasteiger partial charge in [0.2, 0.25) is 22.7 Å². The van der Waals surface area contributed by atoms with Gasteiger partial charge in [-0.15, -0.1) is 0 Å². The molecule has 382 valence electrons. The number of likely N-dealkylation sites (tertiary alicyclic amines) is 2. The summed E-state index contributed by atoms with van der Waals surface area (Å²) in [7, 11) is 1.42. The Bertz CT molecular complexity index is 2540. The first-order chi connectivity index (χ1) is 32.7. The molecule has 2 fully saturated rings. The van der Waals surface area contributed by atoms with Gasteiger partial charge in [0.15, 0.2) is 0 Å². The second-order valence-corrected chi connectivity index (χ2v) is 20.2. The van der Waals surface area contributed by atoms with Crippen LogP contribution in [0.2, 0.25) is 0 Å². The Kier molecular flexibility index (Phi) is 19.5. The van der Waals surface area contributed by atoms with Gasteiger partial charge in [-0.25, -0.2) is 33.3 Å². The summed E-state index contributed by atoms with van der Waals surface area (Å²) in [5.74, 6) is -1.17. The molecule has 1 unspecified atom stereocenters. The van der Waals surface area contributed by atoms with Crippen LogP contribution in [-0.2, 0) is 20.3 Å².